The minimum atomic E-state index is -5.01. The van der Waals surface area contributed by atoms with Gasteiger partial charge in [-0.05, 0) is 18.2 Å². The average Bonchev–Trinajstić information content (AvgIpc) is 2.51. The molecule has 0 radical (unpaired) electrons. The molecule has 0 aliphatic rings. The summed E-state index contributed by atoms with van der Waals surface area (Å²) in [6.45, 7) is 0. The summed E-state index contributed by atoms with van der Waals surface area (Å²) in [5.41, 5.74) is -4.77. The second-order valence-corrected chi connectivity index (χ2v) is 4.45. The molecule has 1 N–H and O–H groups in total. The van der Waals surface area contributed by atoms with Crippen LogP contribution < -0.4 is 5.32 Å². The van der Waals surface area contributed by atoms with E-state index in [0.717, 1.165) is 14.2 Å². The molecule has 0 aliphatic heterocycles. The summed E-state index contributed by atoms with van der Waals surface area (Å²) in [6, 6.07) is 0.616. The lowest BCUT2D eigenvalue weighted by Gasteiger charge is -2.17. The van der Waals surface area contributed by atoms with Crippen LogP contribution in [0.3, 0.4) is 0 Å². The van der Waals surface area contributed by atoms with Gasteiger partial charge in [-0.15, -0.1) is 0 Å². The number of carbonyl (C=O) groups is 2. The Morgan fingerprint density at radius 3 is 2.04 bits per heavy atom. The first-order valence-corrected chi connectivity index (χ1v) is 6.33. The number of methoxy groups -OCH3 is 2. The normalized spacial score (nSPS) is 12.6. The minimum Gasteiger partial charge on any atom is -0.466 e. The van der Waals surface area contributed by atoms with E-state index in [1.165, 1.54) is 0 Å². The number of nitrogens with one attached hydrogen (secondary N) is 1. The van der Waals surface area contributed by atoms with Crippen LogP contribution in [-0.4, -0.2) is 26.2 Å². The van der Waals surface area contributed by atoms with Gasteiger partial charge in [0.1, 0.15) is 5.70 Å². The Balaban J connectivity index is 3.47. The van der Waals surface area contributed by atoms with Crippen molar-refractivity contribution in [1.82, 2.24) is 0 Å². The lowest BCUT2D eigenvalue weighted by molar-refractivity contribution is -0.141. The first-order chi connectivity index (χ1) is 11.4. The molecule has 0 aromatic heterocycles. The first kappa shape index (κ1) is 20.3. The van der Waals surface area contributed by atoms with Gasteiger partial charge in [-0.3, -0.25) is 0 Å². The molecule has 1 aromatic rings. The molecule has 25 heavy (non-hydrogen) atoms. The fourth-order valence-corrected chi connectivity index (χ4v) is 1.65. The summed E-state index contributed by atoms with van der Waals surface area (Å²) >= 11 is 0. The molecule has 5 nitrogen and oxygen atoms in total. The average molecular weight is 371 g/mol. The third kappa shape index (κ3) is 5.40. The molecular weight excluding hydrogens is 360 g/mol. The third-order valence-corrected chi connectivity index (χ3v) is 2.79. The summed E-state index contributed by atoms with van der Waals surface area (Å²) < 4.78 is 85.7. The second kappa shape index (κ2) is 7.45. The van der Waals surface area contributed by atoms with E-state index in [0.29, 0.717) is 6.08 Å². The predicted octanol–water partition coefficient (Wildman–Crippen LogP) is 3.37. The van der Waals surface area contributed by atoms with Crippen LogP contribution in [0.5, 0.6) is 0 Å². The molecule has 0 saturated heterocycles. The minimum absolute atomic E-state index is 0.164. The second-order valence-electron chi connectivity index (χ2n) is 4.45. The molecule has 0 fully saturated rings. The number of anilines is 1. The number of halogens is 6. The highest BCUT2D eigenvalue weighted by molar-refractivity contribution is 5.98. The van der Waals surface area contributed by atoms with Gasteiger partial charge in [-0.25, -0.2) is 9.59 Å². The van der Waals surface area contributed by atoms with Gasteiger partial charge in [-0.2, -0.15) is 26.3 Å². The van der Waals surface area contributed by atoms with Crippen molar-refractivity contribution in [2.75, 3.05) is 19.5 Å². The summed E-state index contributed by atoms with van der Waals surface area (Å²) in [7, 11) is 1.80. The Hall–Kier alpha value is -2.72. The Morgan fingerprint density at radius 1 is 1.00 bits per heavy atom. The van der Waals surface area contributed by atoms with Crippen molar-refractivity contribution < 1.29 is 45.4 Å². The Kier molecular flexibility index (Phi) is 6.05. The van der Waals surface area contributed by atoms with Crippen LogP contribution in [0.1, 0.15) is 11.1 Å². The maximum absolute atomic E-state index is 13.0. The monoisotopic (exact) mass is 371 g/mol. The molecule has 138 valence electrons. The standard InChI is InChI=1S/C14H11F6NO4/c1-24-11(22)6-10(12(23)25-2)21-9-5-7(13(15,16)17)3-4-8(9)14(18,19)20/h3-6,21H,1-2H3/b10-6+. The summed E-state index contributed by atoms with van der Waals surface area (Å²) in [5.74, 6) is -2.41. The molecule has 0 aliphatic carbocycles. The van der Waals surface area contributed by atoms with Crippen LogP contribution in [0.15, 0.2) is 30.0 Å². The van der Waals surface area contributed by atoms with Crippen molar-refractivity contribution in [2.24, 2.45) is 0 Å². The van der Waals surface area contributed by atoms with Gasteiger partial charge in [0.15, 0.2) is 0 Å². The zero-order valence-electron chi connectivity index (χ0n) is 12.7. The van der Waals surface area contributed by atoms with Crippen LogP contribution in [-0.2, 0) is 31.4 Å². The smallest absolute Gasteiger partial charge is 0.418 e. The number of esters is 2. The van der Waals surface area contributed by atoms with Crippen LogP contribution >= 0.6 is 0 Å². The number of hydrogen-bond acceptors (Lipinski definition) is 5. The largest absolute Gasteiger partial charge is 0.466 e. The lowest BCUT2D eigenvalue weighted by Crippen LogP contribution is -2.19. The Bertz CT molecular complexity index is 694. The van der Waals surface area contributed by atoms with Gasteiger partial charge in [0.25, 0.3) is 0 Å². The van der Waals surface area contributed by atoms with Gasteiger partial charge >= 0.3 is 24.3 Å². The van der Waals surface area contributed by atoms with Gasteiger partial charge < -0.3 is 14.8 Å². The number of ether oxygens (including phenoxy) is 2. The summed E-state index contributed by atoms with van der Waals surface area (Å²) in [4.78, 5) is 22.7. The SMILES string of the molecule is COC(=O)/C=C(/Nc1cc(C(F)(F)F)ccc1C(F)(F)F)C(=O)OC. The highest BCUT2D eigenvalue weighted by Gasteiger charge is 2.37. The number of rotatable bonds is 4. The fourth-order valence-electron chi connectivity index (χ4n) is 1.65. The molecule has 0 heterocycles. The third-order valence-electron chi connectivity index (χ3n) is 2.79. The maximum atomic E-state index is 13.0. The number of benzene rings is 1. The zero-order chi connectivity index (χ0) is 19.4. The predicted molar refractivity (Wildman–Crippen MR) is 72.2 cm³/mol. The van der Waals surface area contributed by atoms with Crippen molar-refractivity contribution in [3.63, 3.8) is 0 Å². The summed E-state index contributed by atoms with van der Waals surface area (Å²) in [6.07, 6.45) is -9.48. The Morgan fingerprint density at radius 2 is 1.60 bits per heavy atom. The molecule has 0 bridgehead atoms. The first-order valence-electron chi connectivity index (χ1n) is 6.33. The molecule has 0 amide bonds. The molecule has 0 spiro atoms. The van der Waals surface area contributed by atoms with Crippen LogP contribution in [0, 0.1) is 0 Å². The van der Waals surface area contributed by atoms with E-state index >= 15 is 0 Å². The van der Waals surface area contributed by atoms with Crippen molar-refractivity contribution >= 4 is 17.6 Å². The van der Waals surface area contributed by atoms with Gasteiger partial charge in [0.2, 0.25) is 0 Å². The Labute approximate surface area is 137 Å². The van der Waals surface area contributed by atoms with Crippen molar-refractivity contribution in [3.05, 3.63) is 41.1 Å². The highest BCUT2D eigenvalue weighted by atomic mass is 19.4. The van der Waals surface area contributed by atoms with Gasteiger partial charge in [-0.1, -0.05) is 0 Å². The van der Waals surface area contributed by atoms with E-state index in [2.05, 4.69) is 9.47 Å². The molecule has 0 atom stereocenters. The van der Waals surface area contributed by atoms with Crippen molar-refractivity contribution in [3.8, 4) is 0 Å². The molecule has 1 rings (SSSR count). The van der Waals surface area contributed by atoms with E-state index in [4.69, 9.17) is 0 Å². The zero-order valence-corrected chi connectivity index (χ0v) is 12.7. The van der Waals surface area contributed by atoms with Gasteiger partial charge in [0.05, 0.1) is 37.1 Å². The highest BCUT2D eigenvalue weighted by Crippen LogP contribution is 2.39. The molecule has 0 unspecified atom stereocenters. The lowest BCUT2D eigenvalue weighted by atomic mass is 10.1. The number of carbonyl (C=O) groups excluding carboxylic acids is 2. The van der Waals surface area contributed by atoms with Crippen molar-refractivity contribution in [1.29, 1.82) is 0 Å². The molecule has 11 heteroatoms. The molecule has 0 saturated carbocycles. The number of alkyl halides is 6. The summed E-state index contributed by atoms with van der Waals surface area (Å²) in [5, 5.41) is 1.85. The maximum Gasteiger partial charge on any atom is 0.418 e. The van der Waals surface area contributed by atoms with E-state index in [1.807, 2.05) is 5.32 Å². The van der Waals surface area contributed by atoms with E-state index in [9.17, 15) is 35.9 Å². The molecule has 1 aromatic carbocycles. The van der Waals surface area contributed by atoms with Crippen LogP contribution in [0.4, 0.5) is 32.0 Å². The van der Waals surface area contributed by atoms with Crippen LogP contribution in [0.2, 0.25) is 0 Å². The number of hydrogen-bond donors (Lipinski definition) is 1. The molecular formula is C14H11F6NO4. The topological polar surface area (TPSA) is 64.6 Å². The van der Waals surface area contributed by atoms with E-state index in [-0.39, 0.29) is 18.2 Å². The van der Waals surface area contributed by atoms with E-state index < -0.39 is 46.8 Å². The van der Waals surface area contributed by atoms with E-state index in [1.54, 1.807) is 0 Å². The quantitative estimate of drug-likeness (QED) is 0.500. The van der Waals surface area contributed by atoms with Crippen molar-refractivity contribution in [2.45, 2.75) is 12.4 Å². The van der Waals surface area contributed by atoms with Gasteiger partial charge in [0, 0.05) is 0 Å². The van der Waals surface area contributed by atoms with Crippen LogP contribution in [0.25, 0.3) is 0 Å². The fraction of sp³-hybridized carbons (Fsp3) is 0.286.